The van der Waals surface area contributed by atoms with Gasteiger partial charge < -0.3 is 15.0 Å². The predicted octanol–water partition coefficient (Wildman–Crippen LogP) is 3.20. The number of nitrogens with one attached hydrogen (secondary N) is 1. The molecule has 1 aromatic carbocycles. The van der Waals surface area contributed by atoms with Crippen molar-refractivity contribution in [3.05, 3.63) is 69.9 Å². The summed E-state index contributed by atoms with van der Waals surface area (Å²) in [6.07, 6.45) is 8.07. The zero-order chi connectivity index (χ0) is 23.2. The minimum atomic E-state index is -0.128. The third-order valence-electron chi connectivity index (χ3n) is 5.48. The van der Waals surface area contributed by atoms with Crippen LogP contribution < -0.4 is 10.1 Å². The van der Waals surface area contributed by atoms with Crippen LogP contribution in [-0.2, 0) is 18.4 Å². The van der Waals surface area contributed by atoms with Gasteiger partial charge in [0.15, 0.2) is 0 Å². The molecule has 0 spiro atoms. The van der Waals surface area contributed by atoms with Crippen LogP contribution in [0.1, 0.15) is 39.5 Å². The molecule has 3 heterocycles. The van der Waals surface area contributed by atoms with Crippen LogP contribution in [0.3, 0.4) is 0 Å². The lowest BCUT2D eigenvalue weighted by Gasteiger charge is -2.31. The van der Waals surface area contributed by atoms with E-state index in [1.807, 2.05) is 41.5 Å². The Balaban J connectivity index is 1.28. The van der Waals surface area contributed by atoms with Gasteiger partial charge in [-0.25, -0.2) is 4.98 Å². The first kappa shape index (κ1) is 22.7. The molecule has 0 radical (unpaired) electrons. The fraction of sp³-hybridized carbons (Fsp3) is 0.333. The summed E-state index contributed by atoms with van der Waals surface area (Å²) in [4.78, 5) is 31.2. The van der Waals surface area contributed by atoms with Gasteiger partial charge in [-0.1, -0.05) is 18.2 Å². The molecule has 1 aliphatic heterocycles. The molecular weight excluding hydrogens is 438 g/mol. The highest BCUT2D eigenvalue weighted by Gasteiger charge is 2.23. The maximum atomic E-state index is 12.7. The minimum Gasteiger partial charge on any atom is -0.487 e. The van der Waals surface area contributed by atoms with Crippen LogP contribution in [0, 0.1) is 6.92 Å². The number of ether oxygens (including phenoxy) is 1. The van der Waals surface area contributed by atoms with Crippen LogP contribution in [-0.4, -0.2) is 50.6 Å². The Morgan fingerprint density at radius 2 is 2.06 bits per heavy atom. The number of rotatable bonds is 7. The van der Waals surface area contributed by atoms with Crippen molar-refractivity contribution in [1.29, 1.82) is 0 Å². The Morgan fingerprint density at radius 3 is 2.76 bits per heavy atom. The number of carbonyl (C=O) groups is 2. The SMILES string of the molecule is Cc1nc(COc2ccccc2/C=C/C(=O)N2CCC(NC(=O)c3cnn(C)c3)CC2)cs1. The van der Waals surface area contributed by atoms with E-state index in [1.54, 1.807) is 47.6 Å². The van der Waals surface area contributed by atoms with E-state index in [4.69, 9.17) is 4.74 Å². The fourth-order valence-corrected chi connectivity index (χ4v) is 4.29. The summed E-state index contributed by atoms with van der Waals surface area (Å²) in [5.74, 6) is 0.540. The number of hydrogen-bond donors (Lipinski definition) is 1. The summed E-state index contributed by atoms with van der Waals surface area (Å²) >= 11 is 1.59. The molecule has 3 aromatic rings. The molecule has 1 aliphatic rings. The number of nitrogens with zero attached hydrogens (tertiary/aromatic N) is 4. The molecule has 1 fully saturated rings. The predicted molar refractivity (Wildman–Crippen MR) is 127 cm³/mol. The molecule has 172 valence electrons. The maximum absolute atomic E-state index is 12.7. The third kappa shape index (κ3) is 6.07. The Labute approximate surface area is 196 Å². The molecule has 33 heavy (non-hydrogen) atoms. The Bertz CT molecular complexity index is 1140. The number of aromatic nitrogens is 3. The summed E-state index contributed by atoms with van der Waals surface area (Å²) in [5, 5.41) is 10.1. The van der Waals surface area contributed by atoms with E-state index in [2.05, 4.69) is 15.4 Å². The third-order valence-corrected chi connectivity index (χ3v) is 6.30. The van der Waals surface area contributed by atoms with Gasteiger partial charge in [-0.3, -0.25) is 14.3 Å². The van der Waals surface area contributed by atoms with Crippen LogP contribution >= 0.6 is 11.3 Å². The lowest BCUT2D eigenvalue weighted by atomic mass is 10.0. The fourth-order valence-electron chi connectivity index (χ4n) is 3.69. The Kier molecular flexibility index (Phi) is 7.19. The minimum absolute atomic E-state index is 0.0445. The highest BCUT2D eigenvalue weighted by Crippen LogP contribution is 2.22. The van der Waals surface area contributed by atoms with E-state index in [0.29, 0.717) is 31.0 Å². The van der Waals surface area contributed by atoms with Gasteiger partial charge in [0.05, 0.1) is 22.5 Å². The van der Waals surface area contributed by atoms with Crippen molar-refractivity contribution < 1.29 is 14.3 Å². The molecule has 0 unspecified atom stereocenters. The largest absolute Gasteiger partial charge is 0.487 e. The molecular formula is C24H27N5O3S. The van der Waals surface area contributed by atoms with Crippen molar-refractivity contribution in [2.75, 3.05) is 13.1 Å². The molecule has 4 rings (SSSR count). The first-order valence-electron chi connectivity index (χ1n) is 10.9. The van der Waals surface area contributed by atoms with Gasteiger partial charge in [-0.15, -0.1) is 11.3 Å². The summed E-state index contributed by atoms with van der Waals surface area (Å²) in [7, 11) is 1.78. The summed E-state index contributed by atoms with van der Waals surface area (Å²) in [5.41, 5.74) is 2.28. The zero-order valence-electron chi connectivity index (χ0n) is 18.7. The second-order valence-corrected chi connectivity index (χ2v) is 9.06. The summed E-state index contributed by atoms with van der Waals surface area (Å²) in [6.45, 7) is 3.56. The average Bonchev–Trinajstić information content (AvgIpc) is 3.45. The molecule has 0 aliphatic carbocycles. The second kappa shape index (κ2) is 10.4. The van der Waals surface area contributed by atoms with Crippen LogP contribution in [0.2, 0.25) is 0 Å². The number of hydrogen-bond acceptors (Lipinski definition) is 6. The van der Waals surface area contributed by atoms with Gasteiger partial charge >= 0.3 is 0 Å². The Hall–Kier alpha value is -3.46. The average molecular weight is 466 g/mol. The molecule has 9 heteroatoms. The number of thiazole rings is 1. The molecule has 0 saturated carbocycles. The van der Waals surface area contributed by atoms with Crippen LogP contribution in [0.15, 0.2) is 48.1 Å². The number of benzene rings is 1. The second-order valence-electron chi connectivity index (χ2n) is 7.99. The van der Waals surface area contributed by atoms with E-state index in [9.17, 15) is 9.59 Å². The van der Waals surface area contributed by atoms with Gasteiger partial charge in [0.25, 0.3) is 5.91 Å². The molecule has 8 nitrogen and oxygen atoms in total. The Morgan fingerprint density at radius 1 is 1.27 bits per heavy atom. The summed E-state index contributed by atoms with van der Waals surface area (Å²) < 4.78 is 7.53. The number of amides is 2. The molecule has 2 aromatic heterocycles. The van der Waals surface area contributed by atoms with Crippen LogP contribution in [0.25, 0.3) is 6.08 Å². The molecule has 0 atom stereocenters. The van der Waals surface area contributed by atoms with Gasteiger partial charge in [0.1, 0.15) is 12.4 Å². The molecule has 1 N–H and O–H groups in total. The quantitative estimate of drug-likeness (QED) is 0.542. The number of piperidine rings is 1. The number of aryl methyl sites for hydroxylation is 2. The normalized spacial score (nSPS) is 14.5. The number of para-hydroxylation sites is 1. The lowest BCUT2D eigenvalue weighted by molar-refractivity contribution is -0.126. The van der Waals surface area contributed by atoms with Gasteiger partial charge in [0.2, 0.25) is 5.91 Å². The van der Waals surface area contributed by atoms with Crippen molar-refractivity contribution in [2.24, 2.45) is 7.05 Å². The molecule has 2 amide bonds. The zero-order valence-corrected chi connectivity index (χ0v) is 19.5. The van der Waals surface area contributed by atoms with Gasteiger partial charge in [0, 0.05) is 49.4 Å². The monoisotopic (exact) mass is 465 g/mol. The van der Waals surface area contributed by atoms with Crippen molar-refractivity contribution in [3.8, 4) is 5.75 Å². The number of carbonyl (C=O) groups excluding carboxylic acids is 2. The van der Waals surface area contributed by atoms with Crippen molar-refractivity contribution in [3.63, 3.8) is 0 Å². The van der Waals surface area contributed by atoms with Crippen molar-refractivity contribution in [1.82, 2.24) is 25.0 Å². The molecule has 0 bridgehead atoms. The van der Waals surface area contributed by atoms with E-state index >= 15 is 0 Å². The molecule has 1 saturated heterocycles. The highest BCUT2D eigenvalue weighted by molar-refractivity contribution is 7.09. The summed E-state index contributed by atoms with van der Waals surface area (Å²) in [6, 6.07) is 7.69. The van der Waals surface area contributed by atoms with Crippen LogP contribution in [0.4, 0.5) is 0 Å². The van der Waals surface area contributed by atoms with Gasteiger partial charge in [-0.05, 0) is 31.9 Å². The first-order valence-corrected chi connectivity index (χ1v) is 11.8. The smallest absolute Gasteiger partial charge is 0.254 e. The number of likely N-dealkylation sites (tertiary alicyclic amines) is 1. The highest BCUT2D eigenvalue weighted by atomic mass is 32.1. The maximum Gasteiger partial charge on any atom is 0.254 e. The first-order chi connectivity index (χ1) is 16.0. The van der Waals surface area contributed by atoms with E-state index in [0.717, 1.165) is 29.1 Å². The van der Waals surface area contributed by atoms with Crippen molar-refractivity contribution in [2.45, 2.75) is 32.4 Å². The van der Waals surface area contributed by atoms with E-state index < -0.39 is 0 Å². The van der Waals surface area contributed by atoms with E-state index in [-0.39, 0.29) is 17.9 Å². The van der Waals surface area contributed by atoms with Gasteiger partial charge in [-0.2, -0.15) is 5.10 Å². The topological polar surface area (TPSA) is 89.3 Å². The van der Waals surface area contributed by atoms with Crippen molar-refractivity contribution >= 4 is 29.2 Å². The van der Waals surface area contributed by atoms with E-state index in [1.165, 1.54) is 0 Å². The lowest BCUT2D eigenvalue weighted by Crippen LogP contribution is -2.46. The standard InChI is InChI=1S/C24H27N5O3S/c1-17-26-21(16-33-17)15-32-22-6-4-3-5-18(22)7-8-23(30)29-11-9-20(10-12-29)27-24(31)19-13-25-28(2)14-19/h3-8,13-14,16,20H,9-12,15H2,1-2H3,(H,27,31)/b8-7+. The van der Waals surface area contributed by atoms with Crippen LogP contribution in [0.5, 0.6) is 5.75 Å².